The van der Waals surface area contributed by atoms with E-state index >= 15 is 0 Å². The van der Waals surface area contributed by atoms with E-state index in [4.69, 9.17) is 0 Å². The second-order valence-corrected chi connectivity index (χ2v) is 3.29. The summed E-state index contributed by atoms with van der Waals surface area (Å²) in [4.78, 5) is 0. The van der Waals surface area contributed by atoms with Crippen LogP contribution in [0, 0.1) is 19.9 Å². The molecule has 0 N–H and O–H groups in total. The summed E-state index contributed by atoms with van der Waals surface area (Å²) in [5.74, 6) is 0. The van der Waals surface area contributed by atoms with Gasteiger partial charge in [0.25, 0.3) is 0 Å². The van der Waals surface area contributed by atoms with Crippen molar-refractivity contribution in [2.24, 2.45) is 0 Å². The maximum atomic E-state index is 3.40. The van der Waals surface area contributed by atoms with Crippen molar-refractivity contribution < 1.29 is 0 Å². The van der Waals surface area contributed by atoms with Crippen LogP contribution in [0.3, 0.4) is 0 Å². The molecule has 0 saturated heterocycles. The molecule has 0 aliphatic carbocycles. The van der Waals surface area contributed by atoms with E-state index < -0.39 is 0 Å². The van der Waals surface area contributed by atoms with Gasteiger partial charge in [-0.3, -0.25) is 0 Å². The van der Waals surface area contributed by atoms with Gasteiger partial charge >= 0.3 is 0 Å². The van der Waals surface area contributed by atoms with Crippen molar-refractivity contribution in [3.8, 4) is 0 Å². The van der Waals surface area contributed by atoms with Crippen LogP contribution in [0.5, 0.6) is 0 Å². The van der Waals surface area contributed by atoms with E-state index in [1.807, 2.05) is 0 Å². The fourth-order valence-corrected chi connectivity index (χ4v) is 1.65. The van der Waals surface area contributed by atoms with Crippen LogP contribution in [0.1, 0.15) is 36.1 Å². The highest BCUT2D eigenvalue weighted by atomic mass is 14.1. The van der Waals surface area contributed by atoms with Gasteiger partial charge < -0.3 is 0 Å². The molecule has 0 nitrogen and oxygen atoms in total. The Morgan fingerprint density at radius 2 is 1.83 bits per heavy atom. The molecule has 0 spiro atoms. The van der Waals surface area contributed by atoms with Crippen LogP contribution in [0.2, 0.25) is 0 Å². The van der Waals surface area contributed by atoms with Crippen molar-refractivity contribution in [3.05, 3.63) is 34.4 Å². The molecule has 0 aliphatic rings. The van der Waals surface area contributed by atoms with Crippen LogP contribution in [-0.2, 0) is 12.8 Å². The highest BCUT2D eigenvalue weighted by Gasteiger charge is 2.02. The van der Waals surface area contributed by atoms with E-state index in [9.17, 15) is 0 Å². The highest BCUT2D eigenvalue weighted by molar-refractivity contribution is 5.36. The molecular formula is C12H17. The molecule has 1 radical (unpaired) electrons. The van der Waals surface area contributed by atoms with Gasteiger partial charge in [-0.25, -0.2) is 0 Å². The lowest BCUT2D eigenvalue weighted by molar-refractivity contribution is 1.03. The molecular weight excluding hydrogens is 144 g/mol. The minimum atomic E-state index is 1.10. The van der Waals surface area contributed by atoms with Crippen LogP contribution in [-0.4, -0.2) is 0 Å². The minimum absolute atomic E-state index is 1.10. The summed E-state index contributed by atoms with van der Waals surface area (Å²) in [5.41, 5.74) is 5.56. The predicted octanol–water partition coefficient (Wildman–Crippen LogP) is 3.23. The number of rotatable bonds is 2. The Balaban J connectivity index is 3.22. The highest BCUT2D eigenvalue weighted by Crippen LogP contribution is 2.16. The summed E-state index contributed by atoms with van der Waals surface area (Å²) in [6.45, 7) is 8.73. The molecule has 1 aromatic rings. The number of benzene rings is 1. The molecule has 0 atom stereocenters. The minimum Gasteiger partial charge on any atom is -0.0613 e. The van der Waals surface area contributed by atoms with Gasteiger partial charge in [0.2, 0.25) is 0 Å². The van der Waals surface area contributed by atoms with Crippen molar-refractivity contribution in [1.82, 2.24) is 0 Å². The van der Waals surface area contributed by atoms with Crippen LogP contribution in [0.25, 0.3) is 0 Å². The first kappa shape index (κ1) is 9.31. The zero-order valence-electron chi connectivity index (χ0n) is 8.49. The first-order valence-electron chi connectivity index (χ1n) is 4.70. The van der Waals surface area contributed by atoms with Crippen LogP contribution >= 0.6 is 0 Å². The van der Waals surface area contributed by atoms with Gasteiger partial charge in [-0.1, -0.05) is 19.9 Å². The fourth-order valence-electron chi connectivity index (χ4n) is 1.65. The van der Waals surface area contributed by atoms with Crippen molar-refractivity contribution in [3.63, 3.8) is 0 Å². The summed E-state index contributed by atoms with van der Waals surface area (Å²) in [6.07, 6.45) is 2.23. The molecule has 0 aromatic heterocycles. The van der Waals surface area contributed by atoms with Crippen molar-refractivity contribution >= 4 is 0 Å². The smallest absolute Gasteiger partial charge is 0.0114 e. The van der Waals surface area contributed by atoms with Crippen molar-refractivity contribution in [2.75, 3.05) is 0 Å². The second kappa shape index (κ2) is 3.75. The van der Waals surface area contributed by atoms with Gasteiger partial charge in [0.05, 0.1) is 0 Å². The zero-order valence-corrected chi connectivity index (χ0v) is 8.49. The molecule has 0 fully saturated rings. The zero-order chi connectivity index (χ0) is 9.14. The largest absolute Gasteiger partial charge is 0.0613 e. The van der Waals surface area contributed by atoms with Crippen LogP contribution in [0.15, 0.2) is 6.07 Å². The van der Waals surface area contributed by atoms with E-state index in [1.165, 1.54) is 22.3 Å². The van der Waals surface area contributed by atoms with E-state index in [-0.39, 0.29) is 0 Å². The Morgan fingerprint density at radius 1 is 1.17 bits per heavy atom. The van der Waals surface area contributed by atoms with Gasteiger partial charge in [0.15, 0.2) is 0 Å². The lowest BCUT2D eigenvalue weighted by Gasteiger charge is -2.09. The standard InChI is InChI=1S/C12H17/c1-5-11-7-9(3)8-12(6-2)10(11)4/h7H,5-6H2,1-4H3. The van der Waals surface area contributed by atoms with E-state index in [1.54, 1.807) is 0 Å². The van der Waals surface area contributed by atoms with Crippen molar-refractivity contribution in [2.45, 2.75) is 40.5 Å². The lowest BCUT2D eigenvalue weighted by Crippen LogP contribution is -1.95. The SMILES string of the molecule is CCc1[c]c(C)cc(CC)c1C. The molecule has 0 heteroatoms. The topological polar surface area (TPSA) is 0 Å². The van der Waals surface area contributed by atoms with Crippen LogP contribution in [0.4, 0.5) is 0 Å². The maximum absolute atomic E-state index is 3.40. The summed E-state index contributed by atoms with van der Waals surface area (Å²) in [5, 5.41) is 0. The Morgan fingerprint density at radius 3 is 2.33 bits per heavy atom. The molecule has 12 heavy (non-hydrogen) atoms. The third-order valence-corrected chi connectivity index (χ3v) is 2.41. The molecule has 0 saturated carbocycles. The first-order chi connectivity index (χ1) is 5.69. The van der Waals surface area contributed by atoms with Gasteiger partial charge in [-0.05, 0) is 55.0 Å². The number of hydrogen-bond donors (Lipinski definition) is 0. The Labute approximate surface area is 75.6 Å². The first-order valence-corrected chi connectivity index (χ1v) is 4.70. The predicted molar refractivity (Wildman–Crippen MR) is 53.5 cm³/mol. The fraction of sp³-hybridized carbons (Fsp3) is 0.500. The van der Waals surface area contributed by atoms with E-state index in [2.05, 4.69) is 39.8 Å². The molecule has 0 heterocycles. The Hall–Kier alpha value is -0.780. The molecule has 65 valence electrons. The maximum Gasteiger partial charge on any atom is -0.0114 e. The van der Waals surface area contributed by atoms with Gasteiger partial charge in [-0.2, -0.15) is 0 Å². The molecule has 0 bridgehead atoms. The summed E-state index contributed by atoms with van der Waals surface area (Å²) in [7, 11) is 0. The van der Waals surface area contributed by atoms with Crippen LogP contribution < -0.4 is 0 Å². The molecule has 1 aromatic carbocycles. The molecule has 1 rings (SSSR count). The van der Waals surface area contributed by atoms with Gasteiger partial charge in [0.1, 0.15) is 0 Å². The summed E-state index contributed by atoms with van der Waals surface area (Å²) < 4.78 is 0. The van der Waals surface area contributed by atoms with E-state index in [0.717, 1.165) is 12.8 Å². The summed E-state index contributed by atoms with van der Waals surface area (Å²) in [6, 6.07) is 5.64. The molecule has 0 unspecified atom stereocenters. The third-order valence-electron chi connectivity index (χ3n) is 2.41. The second-order valence-electron chi connectivity index (χ2n) is 3.29. The monoisotopic (exact) mass is 161 g/mol. The number of hydrogen-bond acceptors (Lipinski definition) is 0. The lowest BCUT2D eigenvalue weighted by atomic mass is 9.96. The molecule has 0 aliphatic heterocycles. The van der Waals surface area contributed by atoms with Crippen molar-refractivity contribution in [1.29, 1.82) is 0 Å². The van der Waals surface area contributed by atoms with Gasteiger partial charge in [-0.15, -0.1) is 0 Å². The normalized spacial score (nSPS) is 10.3. The average molecular weight is 161 g/mol. The van der Waals surface area contributed by atoms with E-state index in [0.29, 0.717) is 0 Å². The number of aryl methyl sites for hydroxylation is 3. The van der Waals surface area contributed by atoms with Gasteiger partial charge in [0, 0.05) is 0 Å². The Bertz CT molecular complexity index is 246. The Kier molecular flexibility index (Phi) is 2.91. The average Bonchev–Trinajstić information content (AvgIpc) is 2.08. The quantitative estimate of drug-likeness (QED) is 0.624. The third kappa shape index (κ3) is 1.69. The summed E-state index contributed by atoms with van der Waals surface area (Å²) >= 11 is 0. The molecule has 0 amide bonds.